The quantitative estimate of drug-likeness (QED) is 0.672. The van der Waals surface area contributed by atoms with Gasteiger partial charge in [0.1, 0.15) is 17.4 Å². The molecule has 0 fully saturated rings. The van der Waals surface area contributed by atoms with Crippen LogP contribution in [0.25, 0.3) is 0 Å². The molecular weight excluding hydrogens is 263 g/mol. The predicted molar refractivity (Wildman–Crippen MR) is 72.9 cm³/mol. The van der Waals surface area contributed by atoms with Crippen LogP contribution in [0.3, 0.4) is 0 Å². The van der Waals surface area contributed by atoms with Crippen molar-refractivity contribution < 1.29 is 19.0 Å². The lowest BCUT2D eigenvalue weighted by Gasteiger charge is -2.14. The van der Waals surface area contributed by atoms with Gasteiger partial charge in [0.15, 0.2) is 0 Å². The average molecular weight is 282 g/mol. The third-order valence-corrected chi connectivity index (χ3v) is 2.54. The largest absolute Gasteiger partial charge is 0.389 e. The van der Waals surface area contributed by atoms with Crippen molar-refractivity contribution in [2.24, 2.45) is 0 Å². The van der Waals surface area contributed by atoms with E-state index in [1.54, 1.807) is 12.1 Å². The van der Waals surface area contributed by atoms with Gasteiger partial charge in [-0.05, 0) is 19.1 Å². The first-order valence-electron chi connectivity index (χ1n) is 6.45. The highest BCUT2D eigenvalue weighted by Gasteiger charge is 2.09. The van der Waals surface area contributed by atoms with Crippen molar-refractivity contribution in [1.29, 1.82) is 5.26 Å². The number of aliphatic hydroxyl groups excluding tert-OH is 1. The minimum atomic E-state index is -0.744. The van der Waals surface area contributed by atoms with Crippen LogP contribution < -0.4 is 5.32 Å². The molecule has 0 amide bonds. The summed E-state index contributed by atoms with van der Waals surface area (Å²) in [7, 11) is 0. The fraction of sp³-hybridized carbons (Fsp3) is 0.500. The molecule has 0 spiro atoms. The maximum atomic E-state index is 13.3. The summed E-state index contributed by atoms with van der Waals surface area (Å²) in [6.07, 6.45) is -0.744. The molecule has 110 valence electrons. The Morgan fingerprint density at radius 3 is 2.85 bits per heavy atom. The highest BCUT2D eigenvalue weighted by molar-refractivity contribution is 5.57. The molecule has 0 heterocycles. The van der Waals surface area contributed by atoms with Crippen LogP contribution in [0, 0.1) is 17.1 Å². The summed E-state index contributed by atoms with van der Waals surface area (Å²) in [5.41, 5.74) is 0.304. The summed E-state index contributed by atoms with van der Waals surface area (Å²) in [6.45, 7) is 3.74. The van der Waals surface area contributed by atoms with Crippen molar-refractivity contribution >= 4 is 5.69 Å². The number of rotatable bonds is 9. The smallest absolute Gasteiger partial charge is 0.143 e. The summed E-state index contributed by atoms with van der Waals surface area (Å²) < 4.78 is 23.6. The van der Waals surface area contributed by atoms with Gasteiger partial charge >= 0.3 is 0 Å². The van der Waals surface area contributed by atoms with Crippen LogP contribution in [-0.2, 0) is 9.47 Å². The molecule has 0 bridgehead atoms. The van der Waals surface area contributed by atoms with Gasteiger partial charge in [0.2, 0.25) is 0 Å². The number of anilines is 1. The highest BCUT2D eigenvalue weighted by atomic mass is 19.1. The Kier molecular flexibility index (Phi) is 7.58. The number of aliphatic hydroxyl groups is 1. The summed E-state index contributed by atoms with van der Waals surface area (Å²) in [4.78, 5) is 0. The molecule has 1 unspecified atom stereocenters. The predicted octanol–water partition coefficient (Wildman–Crippen LogP) is 1.52. The minimum Gasteiger partial charge on any atom is -0.389 e. The van der Waals surface area contributed by atoms with Gasteiger partial charge in [0, 0.05) is 13.2 Å². The molecule has 20 heavy (non-hydrogen) atoms. The Bertz CT molecular complexity index is 449. The molecule has 0 saturated carbocycles. The molecule has 1 aromatic carbocycles. The van der Waals surface area contributed by atoms with Crippen LogP contribution >= 0.6 is 0 Å². The van der Waals surface area contributed by atoms with Crippen molar-refractivity contribution in [3.05, 3.63) is 29.6 Å². The van der Waals surface area contributed by atoms with Gasteiger partial charge in [0.05, 0.1) is 31.6 Å². The second-order valence-corrected chi connectivity index (χ2v) is 4.08. The Hall–Kier alpha value is -1.68. The topological polar surface area (TPSA) is 74.5 Å². The van der Waals surface area contributed by atoms with Gasteiger partial charge in [-0.15, -0.1) is 0 Å². The summed E-state index contributed by atoms with van der Waals surface area (Å²) >= 11 is 0. The van der Waals surface area contributed by atoms with E-state index >= 15 is 0 Å². The summed E-state index contributed by atoms with van der Waals surface area (Å²) in [5, 5.41) is 21.4. The molecule has 0 aliphatic rings. The van der Waals surface area contributed by atoms with Gasteiger partial charge in [-0.25, -0.2) is 4.39 Å². The van der Waals surface area contributed by atoms with Crippen molar-refractivity contribution in [2.75, 3.05) is 38.3 Å². The molecule has 1 aromatic rings. The molecule has 0 aliphatic heterocycles. The standard InChI is InChI=1S/C14H19FN2O3/c1-2-19-6-7-20-10-11(18)9-17-14-5-3-4-13(15)12(14)8-16/h3-5,11,17-18H,2,6-7,9-10H2,1H3. The van der Waals surface area contributed by atoms with Gasteiger partial charge in [-0.2, -0.15) is 5.26 Å². The number of hydrogen-bond donors (Lipinski definition) is 2. The van der Waals surface area contributed by atoms with Crippen LogP contribution in [-0.4, -0.2) is 44.2 Å². The number of nitrogens with one attached hydrogen (secondary N) is 1. The number of hydrogen-bond acceptors (Lipinski definition) is 5. The zero-order chi connectivity index (χ0) is 14.8. The SMILES string of the molecule is CCOCCOCC(O)CNc1cccc(F)c1C#N. The molecule has 1 atom stereocenters. The Morgan fingerprint density at radius 1 is 1.40 bits per heavy atom. The molecule has 5 nitrogen and oxygen atoms in total. The van der Waals surface area contributed by atoms with Crippen molar-refractivity contribution in [1.82, 2.24) is 0 Å². The fourth-order valence-corrected chi connectivity index (χ4v) is 1.55. The molecule has 0 saturated heterocycles. The Labute approximate surface area is 117 Å². The van der Waals surface area contributed by atoms with Gasteiger partial charge in [0.25, 0.3) is 0 Å². The molecule has 0 radical (unpaired) electrons. The van der Waals surface area contributed by atoms with E-state index in [0.29, 0.717) is 25.5 Å². The fourth-order valence-electron chi connectivity index (χ4n) is 1.55. The van der Waals surface area contributed by atoms with Crippen LogP contribution in [0.2, 0.25) is 0 Å². The third-order valence-electron chi connectivity index (χ3n) is 2.54. The average Bonchev–Trinajstić information content (AvgIpc) is 2.45. The Morgan fingerprint density at radius 2 is 2.15 bits per heavy atom. The van der Waals surface area contributed by atoms with Crippen molar-refractivity contribution in [3.8, 4) is 6.07 Å². The third kappa shape index (κ3) is 5.53. The first kappa shape index (κ1) is 16.4. The minimum absolute atomic E-state index is 0.0584. The second kappa shape index (κ2) is 9.26. The van der Waals surface area contributed by atoms with Crippen molar-refractivity contribution in [2.45, 2.75) is 13.0 Å². The zero-order valence-corrected chi connectivity index (χ0v) is 11.4. The van der Waals surface area contributed by atoms with Crippen LogP contribution in [0.1, 0.15) is 12.5 Å². The van der Waals surface area contributed by atoms with Gasteiger partial charge < -0.3 is 19.9 Å². The number of halogens is 1. The van der Waals surface area contributed by atoms with Gasteiger partial charge in [-0.3, -0.25) is 0 Å². The molecule has 2 N–H and O–H groups in total. The van der Waals surface area contributed by atoms with Crippen LogP contribution in [0.5, 0.6) is 0 Å². The van der Waals surface area contributed by atoms with E-state index in [-0.39, 0.29) is 18.7 Å². The number of ether oxygens (including phenoxy) is 2. The number of nitriles is 1. The Balaban J connectivity index is 2.33. The van der Waals surface area contributed by atoms with E-state index in [0.717, 1.165) is 0 Å². The first-order chi connectivity index (χ1) is 9.69. The lowest BCUT2D eigenvalue weighted by Crippen LogP contribution is -2.26. The summed E-state index contributed by atoms with van der Waals surface area (Å²) in [5.74, 6) is -0.583. The zero-order valence-electron chi connectivity index (χ0n) is 11.4. The van der Waals surface area contributed by atoms with E-state index < -0.39 is 11.9 Å². The highest BCUT2D eigenvalue weighted by Crippen LogP contribution is 2.17. The van der Waals surface area contributed by atoms with E-state index in [1.165, 1.54) is 12.1 Å². The van der Waals surface area contributed by atoms with Crippen LogP contribution in [0.4, 0.5) is 10.1 Å². The van der Waals surface area contributed by atoms with E-state index in [1.807, 2.05) is 6.92 Å². The van der Waals surface area contributed by atoms with Crippen molar-refractivity contribution in [3.63, 3.8) is 0 Å². The number of benzene rings is 1. The van der Waals surface area contributed by atoms with Gasteiger partial charge in [-0.1, -0.05) is 6.07 Å². The summed E-state index contributed by atoms with van der Waals surface area (Å²) in [6, 6.07) is 6.10. The molecule has 0 aliphatic carbocycles. The monoisotopic (exact) mass is 282 g/mol. The van der Waals surface area contributed by atoms with E-state index in [9.17, 15) is 9.50 Å². The van der Waals surface area contributed by atoms with Crippen LogP contribution in [0.15, 0.2) is 18.2 Å². The maximum absolute atomic E-state index is 13.3. The number of nitrogens with zero attached hydrogens (tertiary/aromatic N) is 1. The molecular formula is C14H19FN2O3. The van der Waals surface area contributed by atoms with E-state index in [2.05, 4.69) is 5.32 Å². The second-order valence-electron chi connectivity index (χ2n) is 4.08. The van der Waals surface area contributed by atoms with E-state index in [4.69, 9.17) is 14.7 Å². The lowest BCUT2D eigenvalue weighted by molar-refractivity contribution is 0.0103. The molecule has 1 rings (SSSR count). The first-order valence-corrected chi connectivity index (χ1v) is 6.45. The maximum Gasteiger partial charge on any atom is 0.143 e. The molecule has 0 aromatic heterocycles. The normalized spacial score (nSPS) is 11.9. The lowest BCUT2D eigenvalue weighted by atomic mass is 10.2. The molecule has 6 heteroatoms.